The van der Waals surface area contributed by atoms with Gasteiger partial charge in [0.2, 0.25) is 0 Å². The maximum atomic E-state index is 8.14. The summed E-state index contributed by atoms with van der Waals surface area (Å²) in [6.45, 7) is 6.22. The van der Waals surface area contributed by atoms with Gasteiger partial charge < -0.3 is 39.4 Å². The molecule has 0 heterocycles. The molecule has 0 aromatic heterocycles. The van der Waals surface area contributed by atoms with E-state index in [4.69, 9.17) is 20.4 Å². The Morgan fingerprint density at radius 3 is 0.524 bits per heavy atom. The molecular weight excluding hydrogens is 320 g/mol. The molecule has 9 heteroatoms. The van der Waals surface area contributed by atoms with Crippen LogP contribution < -0.4 is 0 Å². The molecule has 0 aliphatic rings. The molecule has 4 atom stereocenters. The van der Waals surface area contributed by atoms with Crippen LogP contribution in [0.1, 0.15) is 27.7 Å². The first-order valence-electron chi connectivity index (χ1n) is 5.92. The van der Waals surface area contributed by atoms with Crippen LogP contribution in [0.25, 0.3) is 0 Å². The maximum Gasteiger partial charge on any atom is 0.151 e. The first-order chi connectivity index (χ1) is 9.08. The van der Waals surface area contributed by atoms with E-state index in [1.807, 2.05) is 0 Å². The van der Waals surface area contributed by atoms with Crippen LogP contribution in [0.5, 0.6) is 0 Å². The number of hydrogen-bond acceptors (Lipinski definition) is 8. The molecule has 0 aromatic carbocycles. The largest absolute Gasteiger partial charge is 0.368 e. The van der Waals surface area contributed by atoms with Gasteiger partial charge in [-0.2, -0.15) is 0 Å². The fourth-order valence-electron chi connectivity index (χ4n) is 0. The van der Waals surface area contributed by atoms with Gasteiger partial charge in [0, 0.05) is 50.2 Å². The molecule has 8 nitrogen and oxygen atoms in total. The smallest absolute Gasteiger partial charge is 0.151 e. The van der Waals surface area contributed by atoms with Crippen molar-refractivity contribution in [1.29, 1.82) is 0 Å². The Bertz CT molecular complexity index is 113. The molecule has 0 rings (SSSR count). The Labute approximate surface area is 142 Å². The third kappa shape index (κ3) is 97.9. The van der Waals surface area contributed by atoms with E-state index in [2.05, 4.69) is 18.9 Å². The average Bonchev–Trinajstić information content (AvgIpc) is 2.40. The second-order valence-electron chi connectivity index (χ2n) is 3.34. The third-order valence-electron chi connectivity index (χ3n) is 1.36. The molecule has 0 spiro atoms. The summed E-state index contributed by atoms with van der Waals surface area (Å²) in [5.41, 5.74) is 0. The van der Waals surface area contributed by atoms with Gasteiger partial charge in [0.25, 0.3) is 0 Å². The van der Waals surface area contributed by atoms with Crippen molar-refractivity contribution in [1.82, 2.24) is 0 Å². The summed E-state index contributed by atoms with van der Waals surface area (Å²) in [5, 5.41) is 32.6. The van der Waals surface area contributed by atoms with Crippen LogP contribution in [0.15, 0.2) is 0 Å². The molecule has 21 heavy (non-hydrogen) atoms. The van der Waals surface area contributed by atoms with Crippen molar-refractivity contribution in [3.63, 3.8) is 0 Å². The van der Waals surface area contributed by atoms with Crippen molar-refractivity contribution >= 4 is 0 Å². The number of ether oxygens (including phenoxy) is 4. The molecule has 0 radical (unpaired) electrons. The minimum atomic E-state index is -0.616. The van der Waals surface area contributed by atoms with Gasteiger partial charge in [0.1, 0.15) is 0 Å². The number of hydrogen-bond donors (Lipinski definition) is 4. The van der Waals surface area contributed by atoms with E-state index in [-0.39, 0.29) is 21.7 Å². The minimum absolute atomic E-state index is 0. The predicted molar refractivity (Wildman–Crippen MR) is 74.8 cm³/mol. The fourth-order valence-corrected chi connectivity index (χ4v) is 0. The number of methoxy groups -OCH3 is 4. The molecule has 0 saturated carbocycles. The van der Waals surface area contributed by atoms with E-state index in [0.29, 0.717) is 0 Å². The molecule has 0 fully saturated rings. The summed E-state index contributed by atoms with van der Waals surface area (Å²) < 4.78 is 17.2. The quantitative estimate of drug-likeness (QED) is 0.409. The van der Waals surface area contributed by atoms with E-state index in [1.165, 1.54) is 28.4 Å². The fraction of sp³-hybridized carbons (Fsp3) is 1.00. The Hall–Kier alpha value is 0.394. The van der Waals surface area contributed by atoms with Gasteiger partial charge in [0.15, 0.2) is 25.2 Å². The molecule has 132 valence electrons. The number of aliphatic hydroxyl groups is 4. The Morgan fingerprint density at radius 2 is 0.524 bits per heavy atom. The zero-order valence-corrected chi connectivity index (χ0v) is 15.8. The Balaban J connectivity index is -0.0000000533. The zero-order chi connectivity index (χ0) is 17.1. The topological polar surface area (TPSA) is 118 Å². The van der Waals surface area contributed by atoms with Crippen molar-refractivity contribution in [2.75, 3.05) is 28.4 Å². The number of rotatable bonds is 4. The summed E-state index contributed by atoms with van der Waals surface area (Å²) in [6, 6.07) is 0. The van der Waals surface area contributed by atoms with Crippen molar-refractivity contribution in [3.05, 3.63) is 0 Å². The number of aliphatic hydroxyl groups excluding tert-OH is 4. The molecule has 0 aromatic rings. The molecule has 0 aliphatic carbocycles. The Kier molecular flexibility index (Phi) is 45.0. The van der Waals surface area contributed by atoms with Crippen LogP contribution in [0, 0.1) is 0 Å². The molecule has 4 unspecified atom stereocenters. The van der Waals surface area contributed by atoms with E-state index in [1.54, 1.807) is 27.7 Å². The van der Waals surface area contributed by atoms with Gasteiger partial charge in [-0.3, -0.25) is 0 Å². The minimum Gasteiger partial charge on any atom is -0.368 e. The van der Waals surface area contributed by atoms with E-state index >= 15 is 0 Å². The van der Waals surface area contributed by atoms with Crippen LogP contribution >= 0.6 is 0 Å². The molecule has 0 amide bonds. The summed E-state index contributed by atoms with van der Waals surface area (Å²) in [4.78, 5) is 0. The first kappa shape index (κ1) is 33.1. The maximum absolute atomic E-state index is 8.14. The molecule has 4 N–H and O–H groups in total. The van der Waals surface area contributed by atoms with E-state index in [0.717, 1.165) is 0 Å². The Morgan fingerprint density at radius 1 is 0.476 bits per heavy atom. The van der Waals surface area contributed by atoms with Gasteiger partial charge in [-0.05, 0) is 27.7 Å². The average molecular weight is 352 g/mol. The van der Waals surface area contributed by atoms with Gasteiger partial charge in [-0.1, -0.05) is 0 Å². The molecule has 0 aliphatic heterocycles. The van der Waals surface area contributed by atoms with Crippen molar-refractivity contribution in [3.8, 4) is 0 Å². The van der Waals surface area contributed by atoms with E-state index in [9.17, 15) is 0 Å². The van der Waals surface area contributed by atoms with Crippen molar-refractivity contribution in [2.24, 2.45) is 0 Å². The second kappa shape index (κ2) is 28.5. The first-order valence-corrected chi connectivity index (χ1v) is 5.92. The van der Waals surface area contributed by atoms with Crippen LogP contribution in [-0.2, 0) is 40.7 Å². The standard InChI is InChI=1S/4C3H8O2.Ti/c4*1-3(4)5-2;/h4*3-4H,1-2H3;. The van der Waals surface area contributed by atoms with Crippen LogP contribution in [0.4, 0.5) is 0 Å². The van der Waals surface area contributed by atoms with Crippen LogP contribution in [0.3, 0.4) is 0 Å². The summed E-state index contributed by atoms with van der Waals surface area (Å²) in [7, 11) is 5.80. The monoisotopic (exact) mass is 352 g/mol. The van der Waals surface area contributed by atoms with Gasteiger partial charge in [-0.25, -0.2) is 0 Å². The molecular formula is C12H32O8Ti. The molecule has 0 saturated heterocycles. The van der Waals surface area contributed by atoms with Gasteiger partial charge >= 0.3 is 0 Å². The third-order valence-corrected chi connectivity index (χ3v) is 1.36. The molecule has 0 bridgehead atoms. The summed E-state index contributed by atoms with van der Waals surface area (Å²) in [6.07, 6.45) is -2.46. The summed E-state index contributed by atoms with van der Waals surface area (Å²) in [5.74, 6) is 0. The normalized spacial score (nSPS) is 14.3. The van der Waals surface area contributed by atoms with Crippen LogP contribution in [0.2, 0.25) is 0 Å². The SMILES string of the molecule is COC(C)O.COC(C)O.COC(C)O.COC(C)O.[Ti]. The second-order valence-corrected chi connectivity index (χ2v) is 3.34. The van der Waals surface area contributed by atoms with Crippen molar-refractivity contribution in [2.45, 2.75) is 52.9 Å². The van der Waals surface area contributed by atoms with Gasteiger partial charge in [-0.15, -0.1) is 0 Å². The zero-order valence-electron chi connectivity index (χ0n) is 14.2. The van der Waals surface area contributed by atoms with E-state index < -0.39 is 25.2 Å². The predicted octanol–water partition coefficient (Wildman–Crippen LogP) is -0.118. The van der Waals surface area contributed by atoms with Crippen LogP contribution in [-0.4, -0.2) is 74.0 Å². The summed E-state index contributed by atoms with van der Waals surface area (Å²) >= 11 is 0. The van der Waals surface area contributed by atoms with Gasteiger partial charge in [0.05, 0.1) is 0 Å². The van der Waals surface area contributed by atoms with Crippen molar-refractivity contribution < 1.29 is 61.1 Å².